The van der Waals surface area contributed by atoms with Gasteiger partial charge in [0.2, 0.25) is 0 Å². The van der Waals surface area contributed by atoms with Crippen LogP contribution in [0.3, 0.4) is 0 Å². The first kappa shape index (κ1) is 18.8. The summed E-state index contributed by atoms with van der Waals surface area (Å²) in [5.41, 5.74) is 28.3. The highest BCUT2D eigenvalue weighted by Crippen LogP contribution is 2.26. The molecule has 0 radical (unpaired) electrons. The van der Waals surface area contributed by atoms with E-state index in [1.54, 1.807) is 0 Å². The molecule has 3 nitrogen and oxygen atoms in total. The van der Waals surface area contributed by atoms with Gasteiger partial charge in [-0.2, -0.15) is 0 Å². The van der Waals surface area contributed by atoms with E-state index in [1.807, 2.05) is 18.2 Å². The van der Waals surface area contributed by atoms with Gasteiger partial charge in [0.15, 0.2) is 0 Å². The van der Waals surface area contributed by atoms with Crippen LogP contribution < -0.4 is 17.2 Å². The van der Waals surface area contributed by atoms with Crippen LogP contribution in [0.1, 0.15) is 47.2 Å². The molecule has 0 aliphatic heterocycles. The van der Waals surface area contributed by atoms with Crippen LogP contribution in [0.5, 0.6) is 0 Å². The predicted molar refractivity (Wildman–Crippen MR) is 117 cm³/mol. The van der Waals surface area contributed by atoms with Crippen molar-refractivity contribution in [3.8, 4) is 0 Å². The van der Waals surface area contributed by atoms with E-state index in [9.17, 15) is 0 Å². The average Bonchev–Trinajstić information content (AvgIpc) is 2.67. The van der Waals surface area contributed by atoms with Crippen LogP contribution in [-0.4, -0.2) is 0 Å². The zero-order chi connectivity index (χ0) is 19.4. The fourth-order valence-corrected chi connectivity index (χ4v) is 3.55. The molecule has 0 amide bonds. The summed E-state index contributed by atoms with van der Waals surface area (Å²) in [6, 6.07) is 18.8. The highest BCUT2D eigenvalue weighted by Gasteiger charge is 2.09. The maximum absolute atomic E-state index is 6.28. The third kappa shape index (κ3) is 4.43. The Labute approximate surface area is 162 Å². The molecule has 3 aromatic carbocycles. The first-order chi connectivity index (χ1) is 13.0. The molecule has 3 rings (SSSR count). The molecule has 140 valence electrons. The number of aryl methyl sites for hydroxylation is 2. The molecular weight excluding hydrogens is 330 g/mol. The maximum Gasteiger partial charge on any atom is 0.0379 e. The van der Waals surface area contributed by atoms with Gasteiger partial charge in [-0.1, -0.05) is 50.2 Å². The lowest BCUT2D eigenvalue weighted by molar-refractivity contribution is 1.06. The smallest absolute Gasteiger partial charge is 0.0379 e. The topological polar surface area (TPSA) is 78.1 Å². The summed E-state index contributed by atoms with van der Waals surface area (Å²) in [6.07, 6.45) is 3.58. The number of hydrogen-bond acceptors (Lipinski definition) is 3. The molecule has 0 fully saturated rings. The van der Waals surface area contributed by atoms with Crippen LogP contribution in [0.15, 0.2) is 54.6 Å². The minimum atomic E-state index is 0.790. The van der Waals surface area contributed by atoms with Gasteiger partial charge in [0.1, 0.15) is 0 Å². The van der Waals surface area contributed by atoms with Gasteiger partial charge in [0, 0.05) is 17.1 Å². The summed E-state index contributed by atoms with van der Waals surface area (Å²) in [5, 5.41) is 0. The SMILES string of the molecule is CCc1cc(Cc2cc(Cc3ccc(N)cc3)ccc2N)cc(CC)c1N. The fourth-order valence-electron chi connectivity index (χ4n) is 3.55. The Balaban J connectivity index is 1.87. The molecule has 0 heterocycles. The first-order valence-corrected chi connectivity index (χ1v) is 9.62. The van der Waals surface area contributed by atoms with Crippen molar-refractivity contribution in [2.75, 3.05) is 17.2 Å². The minimum Gasteiger partial charge on any atom is -0.399 e. The summed E-state index contributed by atoms with van der Waals surface area (Å²) in [5.74, 6) is 0. The lowest BCUT2D eigenvalue weighted by Gasteiger charge is -2.14. The fraction of sp³-hybridized carbons (Fsp3) is 0.250. The zero-order valence-electron chi connectivity index (χ0n) is 16.3. The van der Waals surface area contributed by atoms with Gasteiger partial charge >= 0.3 is 0 Å². The van der Waals surface area contributed by atoms with Crippen LogP contribution in [0.25, 0.3) is 0 Å². The van der Waals surface area contributed by atoms with Crippen LogP contribution in [0, 0.1) is 0 Å². The van der Waals surface area contributed by atoms with Gasteiger partial charge in [-0.05, 0) is 77.3 Å². The number of rotatable bonds is 6. The van der Waals surface area contributed by atoms with Gasteiger partial charge in [-0.15, -0.1) is 0 Å². The molecule has 3 aromatic rings. The quantitative estimate of drug-likeness (QED) is 0.556. The molecule has 0 aliphatic rings. The van der Waals surface area contributed by atoms with Crippen molar-refractivity contribution >= 4 is 17.1 Å². The molecule has 27 heavy (non-hydrogen) atoms. The zero-order valence-corrected chi connectivity index (χ0v) is 16.3. The van der Waals surface area contributed by atoms with Crippen LogP contribution in [0.2, 0.25) is 0 Å². The summed E-state index contributed by atoms with van der Waals surface area (Å²) in [4.78, 5) is 0. The van der Waals surface area contributed by atoms with Gasteiger partial charge in [-0.3, -0.25) is 0 Å². The van der Waals surface area contributed by atoms with Gasteiger partial charge in [0.25, 0.3) is 0 Å². The molecule has 3 heteroatoms. The van der Waals surface area contributed by atoms with Crippen LogP contribution in [-0.2, 0) is 25.7 Å². The molecule has 0 saturated heterocycles. The second-order valence-corrected chi connectivity index (χ2v) is 7.16. The third-order valence-corrected chi connectivity index (χ3v) is 5.16. The normalized spacial score (nSPS) is 10.9. The van der Waals surface area contributed by atoms with Crippen LogP contribution >= 0.6 is 0 Å². The Morgan fingerprint density at radius 3 is 1.74 bits per heavy atom. The average molecular weight is 360 g/mol. The Morgan fingerprint density at radius 1 is 0.593 bits per heavy atom. The Kier molecular flexibility index (Phi) is 5.70. The van der Waals surface area contributed by atoms with Crippen LogP contribution in [0.4, 0.5) is 17.1 Å². The molecule has 0 unspecified atom stereocenters. The predicted octanol–water partition coefficient (Wildman–Crippen LogP) is 4.74. The van der Waals surface area contributed by atoms with Crippen molar-refractivity contribution in [3.63, 3.8) is 0 Å². The van der Waals surface area contributed by atoms with E-state index in [0.717, 1.165) is 48.3 Å². The van der Waals surface area contributed by atoms with E-state index in [1.165, 1.54) is 27.8 Å². The first-order valence-electron chi connectivity index (χ1n) is 9.62. The summed E-state index contributed by atoms with van der Waals surface area (Å²) >= 11 is 0. The van der Waals surface area contributed by atoms with E-state index in [-0.39, 0.29) is 0 Å². The maximum atomic E-state index is 6.28. The highest BCUT2D eigenvalue weighted by molar-refractivity contribution is 5.58. The van der Waals surface area contributed by atoms with E-state index in [0.29, 0.717) is 0 Å². The Bertz CT molecular complexity index is 902. The van der Waals surface area contributed by atoms with Crippen molar-refractivity contribution in [2.24, 2.45) is 0 Å². The second kappa shape index (κ2) is 8.17. The summed E-state index contributed by atoms with van der Waals surface area (Å²) in [6.45, 7) is 4.30. The van der Waals surface area contributed by atoms with E-state index in [2.05, 4.69) is 50.2 Å². The van der Waals surface area contributed by atoms with Gasteiger partial charge in [-0.25, -0.2) is 0 Å². The number of anilines is 3. The standard InChI is InChI=1S/C24H29N3/c1-3-19-13-18(14-20(4-2)24(19)27)15-21-12-17(7-10-23(21)26)11-16-5-8-22(25)9-6-16/h5-10,12-14H,3-4,11,15,25-27H2,1-2H3. The largest absolute Gasteiger partial charge is 0.399 e. The summed E-state index contributed by atoms with van der Waals surface area (Å²) < 4.78 is 0. The molecule has 0 bridgehead atoms. The second-order valence-electron chi connectivity index (χ2n) is 7.16. The Morgan fingerprint density at radius 2 is 1.15 bits per heavy atom. The molecule has 0 spiro atoms. The highest BCUT2D eigenvalue weighted by atomic mass is 14.6. The lowest BCUT2D eigenvalue weighted by Crippen LogP contribution is -2.03. The molecule has 6 N–H and O–H groups in total. The Hall–Kier alpha value is -2.94. The van der Waals surface area contributed by atoms with Crippen molar-refractivity contribution in [2.45, 2.75) is 39.5 Å². The van der Waals surface area contributed by atoms with Crippen molar-refractivity contribution in [1.82, 2.24) is 0 Å². The molecule has 0 aromatic heterocycles. The van der Waals surface area contributed by atoms with Crippen molar-refractivity contribution in [3.05, 3.63) is 88.0 Å². The molecule has 0 aliphatic carbocycles. The van der Waals surface area contributed by atoms with E-state index < -0.39 is 0 Å². The number of nitrogens with two attached hydrogens (primary N) is 3. The number of benzene rings is 3. The molecule has 0 saturated carbocycles. The van der Waals surface area contributed by atoms with Gasteiger partial charge in [0.05, 0.1) is 0 Å². The molecule has 0 atom stereocenters. The van der Waals surface area contributed by atoms with Crippen molar-refractivity contribution < 1.29 is 0 Å². The van der Waals surface area contributed by atoms with Crippen molar-refractivity contribution in [1.29, 1.82) is 0 Å². The monoisotopic (exact) mass is 359 g/mol. The number of nitrogen functional groups attached to an aromatic ring is 3. The number of hydrogen-bond donors (Lipinski definition) is 3. The van der Waals surface area contributed by atoms with E-state index >= 15 is 0 Å². The minimum absolute atomic E-state index is 0.790. The molecular formula is C24H29N3. The summed E-state index contributed by atoms with van der Waals surface area (Å²) in [7, 11) is 0. The van der Waals surface area contributed by atoms with E-state index in [4.69, 9.17) is 17.2 Å². The van der Waals surface area contributed by atoms with Gasteiger partial charge < -0.3 is 17.2 Å². The third-order valence-electron chi connectivity index (χ3n) is 5.16. The lowest BCUT2D eigenvalue weighted by atomic mass is 9.94.